The van der Waals surface area contributed by atoms with Crippen LogP contribution in [0.2, 0.25) is 0 Å². The number of rotatable bonds is 5. The second kappa shape index (κ2) is 14.6. The zero-order valence-corrected chi connectivity index (χ0v) is 40.1. The van der Waals surface area contributed by atoms with Crippen molar-refractivity contribution in [1.82, 2.24) is 4.57 Å². The Kier molecular flexibility index (Phi) is 8.54. The number of hydrogen-bond acceptors (Lipinski definition) is 4. The van der Waals surface area contributed by atoms with E-state index in [1.165, 1.54) is 33.0 Å². The molecule has 5 heterocycles. The molecule has 9 aromatic carbocycles. The normalized spacial score (nSPS) is 12.8. The number of benzene rings is 9. The van der Waals surface area contributed by atoms with E-state index in [1.54, 1.807) is 0 Å². The van der Waals surface area contributed by atoms with Crippen LogP contribution >= 0.6 is 0 Å². The molecule has 0 saturated carbocycles. The van der Waals surface area contributed by atoms with Crippen LogP contribution in [0, 0.1) is 0 Å². The Balaban J connectivity index is 1.14. The molecule has 0 bridgehead atoms. The van der Waals surface area contributed by atoms with Crippen LogP contribution in [-0.4, -0.2) is 11.8 Å². The van der Waals surface area contributed by atoms with Gasteiger partial charge in [0.15, 0.2) is 7.28 Å². The van der Waals surface area contributed by atoms with Gasteiger partial charge >= 0.3 is 0 Å². The minimum absolute atomic E-state index is 0.0265. The van der Waals surface area contributed by atoms with E-state index in [9.17, 15) is 0 Å². The van der Waals surface area contributed by atoms with Gasteiger partial charge < -0.3 is 23.1 Å². The van der Waals surface area contributed by atoms with Gasteiger partial charge in [-0.05, 0) is 93.1 Å². The Morgan fingerprint density at radius 1 is 0.471 bits per heavy atom. The molecule has 1 aliphatic rings. The number of nitrogens with one attached hydrogen (secondary N) is 1. The van der Waals surface area contributed by atoms with Gasteiger partial charge in [-0.1, -0.05) is 162 Å². The van der Waals surface area contributed by atoms with Crippen molar-refractivity contribution in [3.05, 3.63) is 187 Å². The quantitative estimate of drug-likeness (QED) is 0.175. The summed E-state index contributed by atoms with van der Waals surface area (Å²) >= 11 is 0. The molecule has 13 aromatic rings. The summed E-state index contributed by atoms with van der Waals surface area (Å²) in [4.78, 5) is 0. The molecule has 0 unspecified atom stereocenters. The number of hydrogen-bond donors (Lipinski definition) is 1. The van der Waals surface area contributed by atoms with Gasteiger partial charge in [-0.15, -0.1) is 0 Å². The maximum atomic E-state index is 7.26. The second-order valence-electron chi connectivity index (χ2n) is 21.3. The van der Waals surface area contributed by atoms with Gasteiger partial charge in [0.25, 0.3) is 0 Å². The van der Waals surface area contributed by atoms with Crippen molar-refractivity contribution >= 4 is 106 Å². The van der Waals surface area contributed by atoms with E-state index in [0.717, 1.165) is 116 Å². The largest absolute Gasteiger partial charge is 0.456 e. The summed E-state index contributed by atoms with van der Waals surface area (Å²) < 4.78 is 23.5. The van der Waals surface area contributed by atoms with Gasteiger partial charge in [-0.2, -0.15) is 0 Å². The predicted molar refractivity (Wildman–Crippen MR) is 295 cm³/mol. The van der Waals surface area contributed by atoms with Crippen LogP contribution in [0.15, 0.2) is 189 Å². The smallest absolute Gasteiger partial charge is 0.198 e. The number of furan rings is 3. The van der Waals surface area contributed by atoms with E-state index in [0.29, 0.717) is 7.28 Å². The van der Waals surface area contributed by atoms with E-state index >= 15 is 0 Å². The molecular weight excluding hydrogens is 856 g/mol. The molecule has 0 spiro atoms. The highest BCUT2D eigenvalue weighted by molar-refractivity contribution is 6.74. The molecule has 0 radical (unpaired) electrons. The van der Waals surface area contributed by atoms with Crippen molar-refractivity contribution in [3.8, 4) is 39.3 Å². The van der Waals surface area contributed by atoms with Crippen molar-refractivity contribution < 1.29 is 13.3 Å². The Morgan fingerprint density at radius 2 is 1.11 bits per heavy atom. The molecule has 0 fully saturated rings. The zero-order chi connectivity index (χ0) is 47.2. The molecule has 1 aliphatic heterocycles. The van der Waals surface area contributed by atoms with Gasteiger partial charge in [-0.25, -0.2) is 0 Å². The Bertz CT molecular complexity index is 4290. The molecule has 14 rings (SSSR count). The predicted octanol–water partition coefficient (Wildman–Crippen LogP) is 16.4. The van der Waals surface area contributed by atoms with Crippen LogP contribution in [-0.2, 0) is 10.8 Å². The van der Waals surface area contributed by atoms with Crippen LogP contribution in [0.3, 0.4) is 0 Å². The van der Waals surface area contributed by atoms with Crippen molar-refractivity contribution in [1.29, 1.82) is 0 Å². The van der Waals surface area contributed by atoms with E-state index in [4.69, 9.17) is 13.3 Å². The maximum Gasteiger partial charge on any atom is 0.198 e. The first-order valence-corrected chi connectivity index (χ1v) is 24.4. The number of aromatic nitrogens is 1. The molecule has 0 amide bonds. The zero-order valence-electron chi connectivity index (χ0n) is 40.1. The van der Waals surface area contributed by atoms with Crippen LogP contribution < -0.4 is 16.2 Å². The van der Waals surface area contributed by atoms with Crippen molar-refractivity contribution in [2.75, 3.05) is 5.32 Å². The first-order valence-electron chi connectivity index (χ1n) is 24.4. The molecule has 0 atom stereocenters. The summed E-state index contributed by atoms with van der Waals surface area (Å²) in [5.74, 6) is 0.871. The van der Waals surface area contributed by atoms with Crippen molar-refractivity contribution in [2.24, 2.45) is 0 Å². The summed E-state index contributed by atoms with van der Waals surface area (Å²) in [7, 11) is 0.668. The lowest BCUT2D eigenvalue weighted by atomic mass is 9.58. The molecule has 70 heavy (non-hydrogen) atoms. The van der Waals surface area contributed by atoms with E-state index in [1.807, 2.05) is 6.07 Å². The van der Waals surface area contributed by atoms with Crippen molar-refractivity contribution in [3.63, 3.8) is 0 Å². The molecule has 5 nitrogen and oxygen atoms in total. The van der Waals surface area contributed by atoms with Crippen molar-refractivity contribution in [2.45, 2.75) is 52.4 Å². The fraction of sp³-hybridized carbons (Fsp3) is 0.125. The number of para-hydroxylation sites is 2. The van der Waals surface area contributed by atoms with Crippen LogP contribution in [0.4, 0.5) is 11.4 Å². The Morgan fingerprint density at radius 3 is 1.84 bits per heavy atom. The van der Waals surface area contributed by atoms with Crippen LogP contribution in [0.25, 0.3) is 116 Å². The van der Waals surface area contributed by atoms with Gasteiger partial charge in [0, 0.05) is 66.4 Å². The summed E-state index contributed by atoms with van der Waals surface area (Å²) in [6, 6.07) is 63.4. The summed E-state index contributed by atoms with van der Waals surface area (Å²) in [6.45, 7) is 13.7. The van der Waals surface area contributed by atoms with Crippen LogP contribution in [0.5, 0.6) is 0 Å². The number of fused-ring (bicyclic) bond motifs is 13. The average molecular weight is 905 g/mol. The van der Waals surface area contributed by atoms with Gasteiger partial charge in [0.2, 0.25) is 0 Å². The maximum absolute atomic E-state index is 7.26. The third-order valence-corrected chi connectivity index (χ3v) is 14.9. The lowest BCUT2D eigenvalue weighted by Gasteiger charge is -2.25. The minimum Gasteiger partial charge on any atom is -0.456 e. The van der Waals surface area contributed by atoms with E-state index in [-0.39, 0.29) is 10.8 Å². The minimum atomic E-state index is -0.0771. The van der Waals surface area contributed by atoms with Gasteiger partial charge in [0.1, 0.15) is 33.7 Å². The monoisotopic (exact) mass is 904 g/mol. The molecule has 0 saturated heterocycles. The Labute approximate surface area is 406 Å². The van der Waals surface area contributed by atoms with E-state index in [2.05, 4.69) is 221 Å². The summed E-state index contributed by atoms with van der Waals surface area (Å²) in [6.07, 6.45) is 0. The SMILES string of the molecule is CC(C)(C)c1ccc(Nc2cc3oc4ccccc4c3cc2-c2c3c4c(c5cc(C(C)(C)C)ccc5n4-c4cc5c(-c6ccccc6)c(-c6ccccc6)oc5cc4B3)c3oc4ccccc4c23)cc1. The second-order valence-corrected chi connectivity index (χ2v) is 21.3. The molecule has 6 heteroatoms. The summed E-state index contributed by atoms with van der Waals surface area (Å²) in [5.41, 5.74) is 20.2. The highest BCUT2D eigenvalue weighted by Gasteiger charge is 2.34. The van der Waals surface area contributed by atoms with Gasteiger partial charge in [0.05, 0.1) is 22.1 Å². The van der Waals surface area contributed by atoms with Gasteiger partial charge in [-0.3, -0.25) is 0 Å². The fourth-order valence-electron chi connectivity index (χ4n) is 11.4. The number of anilines is 2. The topological polar surface area (TPSA) is 56.4 Å². The highest BCUT2D eigenvalue weighted by atomic mass is 16.3. The lowest BCUT2D eigenvalue weighted by molar-refractivity contribution is 0.590. The average Bonchev–Trinajstić information content (AvgIpc) is 4.13. The molecule has 1 N–H and O–H groups in total. The number of nitrogens with zero attached hydrogens (tertiary/aromatic N) is 1. The van der Waals surface area contributed by atoms with E-state index < -0.39 is 0 Å². The molecular formula is C64H49BN2O3. The highest BCUT2D eigenvalue weighted by Crippen LogP contribution is 2.50. The summed E-state index contributed by atoms with van der Waals surface area (Å²) in [5, 5.41) is 11.7. The standard InChI is InChI=1S/C64H49BN2O3/c1-63(2,3)38-25-28-40(29-26-38)66-48-35-54-43(41-21-13-15-23-51(41)68-54)32-44(48)56-57-42-22-14-16-24-52(42)69-62(57)58-45-31-39(64(4,5)6)27-30-49(45)67-50-33-46-53(34-47(50)65-59(56)60(58)67)70-61(37-19-11-8-12-20-37)55(46)36-17-9-7-10-18-36/h7-35,65-66H,1-6H3. The lowest BCUT2D eigenvalue weighted by Crippen LogP contribution is -2.37. The van der Waals surface area contributed by atoms with Crippen LogP contribution in [0.1, 0.15) is 52.7 Å². The third kappa shape index (κ3) is 6.05. The first kappa shape index (κ1) is 40.8. The molecule has 4 aromatic heterocycles. The first-order chi connectivity index (χ1) is 34.0. The molecule has 0 aliphatic carbocycles. The molecule has 336 valence electrons. The third-order valence-electron chi connectivity index (χ3n) is 14.9. The fourth-order valence-corrected chi connectivity index (χ4v) is 11.4. The Hall–Kier alpha value is -8.22.